The van der Waals surface area contributed by atoms with Crippen LogP contribution in [-0.2, 0) is 20.1 Å². The molecule has 6 heteroatoms. The molecule has 0 saturated heterocycles. The van der Waals surface area contributed by atoms with Crippen LogP contribution in [0.3, 0.4) is 0 Å². The van der Waals surface area contributed by atoms with Crippen molar-refractivity contribution >= 4 is 42.5 Å². The largest absolute Gasteiger partial charge is 3.00 e. The van der Waals surface area contributed by atoms with Crippen LogP contribution >= 0.6 is 11.3 Å². The van der Waals surface area contributed by atoms with Crippen LogP contribution in [0.5, 0.6) is 0 Å². The minimum atomic E-state index is 0. The van der Waals surface area contributed by atoms with E-state index in [-0.39, 0.29) is 20.1 Å². The van der Waals surface area contributed by atoms with E-state index in [4.69, 9.17) is 0 Å². The van der Waals surface area contributed by atoms with Crippen LogP contribution in [0.4, 0.5) is 0 Å². The molecule has 11 aromatic rings. The van der Waals surface area contributed by atoms with Crippen molar-refractivity contribution in [1.29, 1.82) is 5.26 Å². The van der Waals surface area contributed by atoms with Crippen LogP contribution in [-0.4, -0.2) is 9.55 Å². The topological polar surface area (TPSA) is 45.5 Å². The number of pyridine rings is 1. The van der Waals surface area contributed by atoms with Crippen LogP contribution in [0.1, 0.15) is 5.56 Å². The van der Waals surface area contributed by atoms with E-state index in [0.717, 1.165) is 65.3 Å². The van der Waals surface area contributed by atoms with Gasteiger partial charge in [0.25, 0.3) is 6.33 Å². The standard InChI is InChI=1S/C31H21N2.C24H13N2S.Ir/c1-4-13-24(14-5-1)27-19-12-20-28(25-15-6-2-7-16-25)31(27)33-23-32(26-17-8-3-9-18-26)29-21-10-11-22-30(29)33;25-15-17-12-13-19-18-9-6-10-20(21-11-4-5-14-26-21)23(18)27-24(19)22(17)16-7-2-1-3-8-16;/h1-17,19-22H;1-9,11-14H;/q2*-1;+3. The van der Waals surface area contributed by atoms with E-state index in [9.17, 15) is 5.26 Å². The summed E-state index contributed by atoms with van der Waals surface area (Å²) in [6.45, 7) is 0. The smallest absolute Gasteiger partial charge is 0.315 e. The molecule has 0 aliphatic heterocycles. The number of hydrogen-bond donors (Lipinski definition) is 0. The predicted molar refractivity (Wildman–Crippen MR) is 245 cm³/mol. The van der Waals surface area contributed by atoms with E-state index >= 15 is 0 Å². The van der Waals surface area contributed by atoms with Gasteiger partial charge >= 0.3 is 20.1 Å². The van der Waals surface area contributed by atoms with Crippen molar-refractivity contribution in [3.8, 4) is 62.1 Å². The van der Waals surface area contributed by atoms with Crippen LogP contribution < -0.4 is 4.57 Å². The summed E-state index contributed by atoms with van der Waals surface area (Å²) < 4.78 is 6.57. The van der Waals surface area contributed by atoms with Crippen LogP contribution in [0.25, 0.3) is 87.2 Å². The van der Waals surface area contributed by atoms with Gasteiger partial charge in [0.05, 0.1) is 28.4 Å². The van der Waals surface area contributed by atoms with E-state index in [2.05, 4.69) is 172 Å². The molecular weight excluding hydrogens is 941 g/mol. The fraction of sp³-hybridized carbons (Fsp3) is 0. The second kappa shape index (κ2) is 17.5. The van der Waals surface area contributed by atoms with Crippen LogP contribution in [0.2, 0.25) is 0 Å². The van der Waals surface area contributed by atoms with Crippen molar-refractivity contribution in [3.63, 3.8) is 0 Å². The van der Waals surface area contributed by atoms with Gasteiger partial charge in [0, 0.05) is 16.5 Å². The summed E-state index contributed by atoms with van der Waals surface area (Å²) in [5.41, 5.74) is 13.6. The van der Waals surface area contributed by atoms with Gasteiger partial charge in [-0.1, -0.05) is 157 Å². The van der Waals surface area contributed by atoms with E-state index < -0.39 is 0 Å². The first kappa shape index (κ1) is 39.2. The van der Waals surface area contributed by atoms with Crippen molar-refractivity contribution in [2.45, 2.75) is 0 Å². The molecule has 0 N–H and O–H groups in total. The van der Waals surface area contributed by atoms with Gasteiger partial charge in [-0.05, 0) is 61.4 Å². The number of benzene rings is 8. The van der Waals surface area contributed by atoms with Gasteiger partial charge in [-0.25, -0.2) is 0 Å². The van der Waals surface area contributed by atoms with Gasteiger partial charge in [0.1, 0.15) is 0 Å². The Balaban J connectivity index is 0.000000157. The van der Waals surface area contributed by atoms with Gasteiger partial charge in [0.15, 0.2) is 0 Å². The van der Waals surface area contributed by atoms with E-state index in [1.54, 1.807) is 17.5 Å². The fourth-order valence-electron chi connectivity index (χ4n) is 7.90. The van der Waals surface area contributed by atoms with E-state index in [1.807, 2.05) is 66.7 Å². The molecule has 0 saturated carbocycles. The number of fused-ring (bicyclic) bond motifs is 4. The molecule has 288 valence electrons. The monoisotopic (exact) mass is 975 g/mol. The molecule has 0 bridgehead atoms. The Bertz CT molecular complexity index is 3250. The Hall–Kier alpha value is -7.26. The molecule has 0 radical (unpaired) electrons. The summed E-state index contributed by atoms with van der Waals surface area (Å²) >= 11 is 1.71. The Kier molecular flexibility index (Phi) is 11.3. The van der Waals surface area contributed by atoms with Crippen molar-refractivity contribution in [3.05, 3.63) is 230 Å². The maximum atomic E-state index is 9.69. The number of para-hydroxylation sites is 4. The van der Waals surface area contributed by atoms with Crippen LogP contribution in [0.15, 0.2) is 206 Å². The van der Waals surface area contributed by atoms with Crippen molar-refractivity contribution < 1.29 is 24.7 Å². The molecule has 11 rings (SSSR count). The first-order chi connectivity index (χ1) is 29.8. The molecule has 3 aromatic heterocycles. The zero-order valence-corrected chi connectivity index (χ0v) is 35.9. The quantitative estimate of drug-likeness (QED) is 0.123. The zero-order valence-electron chi connectivity index (χ0n) is 32.7. The summed E-state index contributed by atoms with van der Waals surface area (Å²) in [4.78, 5) is 4.51. The molecule has 0 amide bonds. The van der Waals surface area contributed by atoms with Gasteiger partial charge < -0.3 is 9.55 Å². The summed E-state index contributed by atoms with van der Waals surface area (Å²) in [6.07, 6.45) is 5.45. The number of imidazole rings is 1. The second-order valence-electron chi connectivity index (χ2n) is 14.2. The minimum Gasteiger partial charge on any atom is -0.315 e. The van der Waals surface area contributed by atoms with Crippen molar-refractivity contribution in [1.82, 2.24) is 9.55 Å². The average molecular weight is 975 g/mol. The Morgan fingerprint density at radius 1 is 0.557 bits per heavy atom. The SMILES string of the molecule is N#Cc1ccc2c(sc3c(-c4ccccn4)[c-]ccc32)c1-c1ccccc1.[Ir+3].[c-]1ccccc1-n1[c-][n+](-c2c(-c3ccccc3)cccc2-c2ccccc2)c2ccccc21. The third-order valence-electron chi connectivity index (χ3n) is 10.6. The van der Waals surface area contributed by atoms with Crippen molar-refractivity contribution in [2.75, 3.05) is 0 Å². The number of rotatable bonds is 6. The molecular formula is C55H34IrN4S+. The Morgan fingerprint density at radius 3 is 1.85 bits per heavy atom. The Morgan fingerprint density at radius 2 is 1.20 bits per heavy atom. The number of aromatic nitrogens is 3. The van der Waals surface area contributed by atoms with E-state index in [0.29, 0.717) is 5.56 Å². The molecule has 0 aliphatic carbocycles. The number of hydrogen-bond acceptors (Lipinski definition) is 3. The molecule has 4 nitrogen and oxygen atoms in total. The first-order valence-corrected chi connectivity index (χ1v) is 20.5. The molecule has 61 heavy (non-hydrogen) atoms. The first-order valence-electron chi connectivity index (χ1n) is 19.7. The normalized spacial score (nSPS) is 10.8. The zero-order chi connectivity index (χ0) is 40.3. The third kappa shape index (κ3) is 7.48. The Labute approximate surface area is 372 Å². The fourth-order valence-corrected chi connectivity index (χ4v) is 9.28. The predicted octanol–water partition coefficient (Wildman–Crippen LogP) is 13.3. The number of nitrogens with zero attached hydrogens (tertiary/aromatic N) is 4. The summed E-state index contributed by atoms with van der Waals surface area (Å²) in [5.74, 6) is 0. The summed E-state index contributed by atoms with van der Waals surface area (Å²) in [6, 6.07) is 77.3. The average Bonchev–Trinajstić information content (AvgIpc) is 3.92. The summed E-state index contributed by atoms with van der Waals surface area (Å²) in [5, 5.41) is 12.0. The molecule has 0 aliphatic rings. The molecule has 0 spiro atoms. The molecule has 0 unspecified atom stereocenters. The molecule has 3 heterocycles. The molecule has 0 atom stereocenters. The number of thiophene rings is 1. The molecule has 0 fully saturated rings. The van der Waals surface area contributed by atoms with Gasteiger partial charge in [-0.3, -0.25) is 4.57 Å². The van der Waals surface area contributed by atoms with E-state index in [1.165, 1.54) is 21.9 Å². The van der Waals surface area contributed by atoms with Crippen molar-refractivity contribution in [2.24, 2.45) is 0 Å². The van der Waals surface area contributed by atoms with Gasteiger partial charge in [0.2, 0.25) is 0 Å². The summed E-state index contributed by atoms with van der Waals surface area (Å²) in [7, 11) is 0. The molecule has 8 aromatic carbocycles. The van der Waals surface area contributed by atoms with Gasteiger partial charge in [-0.15, -0.1) is 23.8 Å². The maximum Gasteiger partial charge on any atom is 3.00 e. The second-order valence-corrected chi connectivity index (χ2v) is 15.2. The minimum absolute atomic E-state index is 0. The number of nitriles is 1. The van der Waals surface area contributed by atoms with Gasteiger partial charge in [-0.2, -0.15) is 46.9 Å². The van der Waals surface area contributed by atoms with Crippen LogP contribution in [0, 0.1) is 29.8 Å². The third-order valence-corrected chi connectivity index (χ3v) is 11.9. The maximum absolute atomic E-state index is 9.69.